The summed E-state index contributed by atoms with van der Waals surface area (Å²) in [6, 6.07) is 6.45. The zero-order valence-electron chi connectivity index (χ0n) is 14.5. The molecule has 0 N–H and O–H groups in total. The predicted molar refractivity (Wildman–Crippen MR) is 94.0 cm³/mol. The van der Waals surface area contributed by atoms with Crippen LogP contribution in [0, 0.1) is 0 Å². The molecule has 1 aromatic carbocycles. The topological polar surface area (TPSA) is 77.7 Å². The van der Waals surface area contributed by atoms with Gasteiger partial charge in [-0.1, -0.05) is 24.3 Å². The van der Waals surface area contributed by atoms with Gasteiger partial charge in [-0.05, 0) is 12.1 Å². The Kier molecular flexibility index (Phi) is 5.85. The van der Waals surface area contributed by atoms with Gasteiger partial charge in [-0.25, -0.2) is 9.59 Å². The molecule has 0 bridgehead atoms. The lowest BCUT2D eigenvalue weighted by molar-refractivity contribution is 0.0192. The molecular formula is C20H22O6. The number of rotatable bonds is 10. The maximum atomic E-state index is 12.6. The molecule has 3 rings (SSSR count). The molecule has 0 spiro atoms. The average Bonchev–Trinajstić information content (AvgIpc) is 3.53. The molecular weight excluding hydrogens is 336 g/mol. The minimum absolute atomic E-state index is 0.111. The SMILES string of the molecule is C=CCC(OC(=O)c1ccccc1C(=O)OC(CC=C)C1CO1)C1CO1. The lowest BCUT2D eigenvalue weighted by atomic mass is 10.1. The molecule has 0 aliphatic carbocycles. The molecule has 138 valence electrons. The van der Waals surface area contributed by atoms with E-state index < -0.39 is 24.1 Å². The maximum Gasteiger partial charge on any atom is 0.339 e. The van der Waals surface area contributed by atoms with Crippen molar-refractivity contribution in [1.82, 2.24) is 0 Å². The first-order chi connectivity index (χ1) is 12.6. The number of hydrogen-bond acceptors (Lipinski definition) is 6. The molecule has 0 aromatic heterocycles. The van der Waals surface area contributed by atoms with Gasteiger partial charge in [-0.15, -0.1) is 13.2 Å². The zero-order chi connectivity index (χ0) is 18.5. The van der Waals surface area contributed by atoms with E-state index in [9.17, 15) is 9.59 Å². The third-order valence-corrected chi connectivity index (χ3v) is 4.23. The smallest absolute Gasteiger partial charge is 0.339 e. The predicted octanol–water partition coefficient (Wildman–Crippen LogP) is 2.69. The molecule has 6 heteroatoms. The Bertz CT molecular complexity index is 630. The maximum absolute atomic E-state index is 12.6. The average molecular weight is 358 g/mol. The third-order valence-electron chi connectivity index (χ3n) is 4.23. The van der Waals surface area contributed by atoms with Crippen molar-refractivity contribution in [1.29, 1.82) is 0 Å². The van der Waals surface area contributed by atoms with Gasteiger partial charge < -0.3 is 18.9 Å². The highest BCUT2D eigenvalue weighted by Gasteiger charge is 2.37. The van der Waals surface area contributed by atoms with Crippen molar-refractivity contribution >= 4 is 11.9 Å². The van der Waals surface area contributed by atoms with E-state index in [2.05, 4.69) is 13.2 Å². The van der Waals surface area contributed by atoms with Gasteiger partial charge in [0.2, 0.25) is 0 Å². The van der Waals surface area contributed by atoms with Gasteiger partial charge in [-0.2, -0.15) is 0 Å². The Morgan fingerprint density at radius 2 is 1.35 bits per heavy atom. The molecule has 2 saturated heterocycles. The standard InChI is InChI=1S/C20H22O6/c1-3-7-15(17-11-23-17)25-19(21)13-9-5-6-10-14(13)20(22)26-16(8-4-2)18-12-24-18/h3-6,9-10,15-18H,1-2,7-8,11-12H2. The minimum atomic E-state index is -0.581. The monoisotopic (exact) mass is 358 g/mol. The second-order valence-electron chi connectivity index (χ2n) is 6.23. The van der Waals surface area contributed by atoms with Gasteiger partial charge in [0.15, 0.2) is 0 Å². The first-order valence-electron chi connectivity index (χ1n) is 8.60. The van der Waals surface area contributed by atoms with Crippen LogP contribution >= 0.6 is 0 Å². The summed E-state index contributed by atoms with van der Waals surface area (Å²) in [6.45, 7) is 8.45. The van der Waals surface area contributed by atoms with Gasteiger partial charge >= 0.3 is 11.9 Å². The fraction of sp³-hybridized carbons (Fsp3) is 0.400. The largest absolute Gasteiger partial charge is 0.456 e. The van der Waals surface area contributed by atoms with Crippen molar-refractivity contribution in [2.24, 2.45) is 0 Å². The molecule has 4 unspecified atom stereocenters. The summed E-state index contributed by atoms with van der Waals surface area (Å²) in [6.07, 6.45) is 3.30. The van der Waals surface area contributed by atoms with Crippen LogP contribution in [0.3, 0.4) is 0 Å². The van der Waals surface area contributed by atoms with Crippen LogP contribution in [0.15, 0.2) is 49.6 Å². The quantitative estimate of drug-likeness (QED) is 0.364. The lowest BCUT2D eigenvalue weighted by Gasteiger charge is -2.17. The molecule has 1 aromatic rings. The van der Waals surface area contributed by atoms with E-state index in [-0.39, 0.29) is 23.3 Å². The Morgan fingerprint density at radius 1 is 0.962 bits per heavy atom. The Labute approximate surface area is 152 Å². The highest BCUT2D eigenvalue weighted by Crippen LogP contribution is 2.24. The Morgan fingerprint density at radius 3 is 1.65 bits per heavy atom. The second-order valence-corrected chi connectivity index (χ2v) is 6.23. The van der Waals surface area contributed by atoms with Crippen molar-refractivity contribution in [3.63, 3.8) is 0 Å². The summed E-state index contributed by atoms with van der Waals surface area (Å²) in [5, 5.41) is 0. The fourth-order valence-corrected chi connectivity index (χ4v) is 2.66. The Hall–Kier alpha value is -2.44. The second kappa shape index (κ2) is 8.29. The molecule has 26 heavy (non-hydrogen) atoms. The molecule has 2 heterocycles. The van der Waals surface area contributed by atoms with E-state index in [1.807, 2.05) is 0 Å². The van der Waals surface area contributed by atoms with Crippen LogP contribution in [0.5, 0.6) is 0 Å². The van der Waals surface area contributed by atoms with E-state index in [1.165, 1.54) is 0 Å². The minimum Gasteiger partial charge on any atom is -0.456 e. The van der Waals surface area contributed by atoms with Gasteiger partial charge in [-0.3, -0.25) is 0 Å². The zero-order valence-corrected chi connectivity index (χ0v) is 14.5. The highest BCUT2D eigenvalue weighted by molar-refractivity contribution is 6.03. The van der Waals surface area contributed by atoms with E-state index in [1.54, 1.807) is 36.4 Å². The summed E-state index contributed by atoms with van der Waals surface area (Å²) in [5.41, 5.74) is 0.336. The number of ether oxygens (including phenoxy) is 4. The normalized spacial score (nSPS) is 22.6. The summed E-state index contributed by atoms with van der Waals surface area (Å²) in [7, 11) is 0. The van der Waals surface area contributed by atoms with E-state index in [0.717, 1.165) is 0 Å². The summed E-state index contributed by atoms with van der Waals surface area (Å²) in [4.78, 5) is 25.2. The van der Waals surface area contributed by atoms with Gasteiger partial charge in [0.1, 0.15) is 24.4 Å². The molecule has 0 amide bonds. The first kappa shape index (κ1) is 18.4. The van der Waals surface area contributed by atoms with Crippen LogP contribution in [-0.2, 0) is 18.9 Å². The van der Waals surface area contributed by atoms with Crippen LogP contribution in [0.25, 0.3) is 0 Å². The number of benzene rings is 1. The van der Waals surface area contributed by atoms with Crippen LogP contribution in [-0.4, -0.2) is 49.6 Å². The van der Waals surface area contributed by atoms with Crippen molar-refractivity contribution in [3.8, 4) is 0 Å². The molecule has 6 nitrogen and oxygen atoms in total. The highest BCUT2D eigenvalue weighted by atomic mass is 16.6. The van der Waals surface area contributed by atoms with Crippen molar-refractivity contribution in [2.75, 3.05) is 13.2 Å². The van der Waals surface area contributed by atoms with E-state index in [4.69, 9.17) is 18.9 Å². The molecule has 0 saturated carbocycles. The number of carbonyl (C=O) groups excluding carboxylic acids is 2. The summed E-state index contributed by atoms with van der Waals surface area (Å²) >= 11 is 0. The van der Waals surface area contributed by atoms with Crippen LogP contribution in [0.1, 0.15) is 33.6 Å². The molecule has 2 fully saturated rings. The first-order valence-corrected chi connectivity index (χ1v) is 8.60. The van der Waals surface area contributed by atoms with Crippen LogP contribution < -0.4 is 0 Å². The summed E-state index contributed by atoms with van der Waals surface area (Å²) < 4.78 is 21.5. The van der Waals surface area contributed by atoms with Crippen molar-refractivity contribution < 1.29 is 28.5 Å². The summed E-state index contributed by atoms with van der Waals surface area (Å²) in [5.74, 6) is -1.16. The fourth-order valence-electron chi connectivity index (χ4n) is 2.66. The lowest BCUT2D eigenvalue weighted by Crippen LogP contribution is -2.27. The van der Waals surface area contributed by atoms with Crippen molar-refractivity contribution in [3.05, 3.63) is 60.7 Å². The van der Waals surface area contributed by atoms with E-state index in [0.29, 0.717) is 26.1 Å². The van der Waals surface area contributed by atoms with Gasteiger partial charge in [0, 0.05) is 12.8 Å². The van der Waals surface area contributed by atoms with Crippen molar-refractivity contribution in [2.45, 2.75) is 37.3 Å². The van der Waals surface area contributed by atoms with E-state index >= 15 is 0 Å². The van der Waals surface area contributed by atoms with Crippen LogP contribution in [0.2, 0.25) is 0 Å². The van der Waals surface area contributed by atoms with Gasteiger partial charge in [0.25, 0.3) is 0 Å². The number of epoxide rings is 2. The number of esters is 2. The molecule has 4 atom stereocenters. The Balaban J connectivity index is 1.71. The van der Waals surface area contributed by atoms with Crippen LogP contribution in [0.4, 0.5) is 0 Å². The number of hydrogen-bond donors (Lipinski definition) is 0. The molecule has 0 radical (unpaired) electrons. The third kappa shape index (κ3) is 4.59. The molecule has 2 aliphatic rings. The number of carbonyl (C=O) groups is 2. The molecule has 2 aliphatic heterocycles. The van der Waals surface area contributed by atoms with Gasteiger partial charge in [0.05, 0.1) is 24.3 Å².